The molecule has 0 bridgehead atoms. The Morgan fingerprint density at radius 2 is 2.24 bits per heavy atom. The SMILES string of the molecule is Cn1cc(CN2CCOc3c(cccc3C(=O)O)C2)c(C2CCC2)n1. The van der Waals surface area contributed by atoms with Crippen LogP contribution in [0.3, 0.4) is 0 Å². The predicted molar refractivity (Wildman–Crippen MR) is 92.8 cm³/mol. The number of rotatable bonds is 4. The zero-order chi connectivity index (χ0) is 17.4. The second kappa shape index (κ2) is 6.52. The number of aromatic nitrogens is 2. The Hall–Kier alpha value is -2.34. The molecule has 0 radical (unpaired) electrons. The Kier molecular flexibility index (Phi) is 4.21. The normalized spacial score (nSPS) is 18.1. The minimum Gasteiger partial charge on any atom is -0.491 e. The smallest absolute Gasteiger partial charge is 0.339 e. The number of hydrogen-bond donors (Lipinski definition) is 1. The zero-order valence-corrected chi connectivity index (χ0v) is 14.4. The summed E-state index contributed by atoms with van der Waals surface area (Å²) in [4.78, 5) is 13.7. The molecule has 132 valence electrons. The summed E-state index contributed by atoms with van der Waals surface area (Å²) in [5.41, 5.74) is 3.70. The van der Waals surface area contributed by atoms with Gasteiger partial charge in [0.1, 0.15) is 17.9 Å². The lowest BCUT2D eigenvalue weighted by Crippen LogP contribution is -2.26. The lowest BCUT2D eigenvalue weighted by Gasteiger charge is -2.26. The molecule has 2 aliphatic rings. The summed E-state index contributed by atoms with van der Waals surface area (Å²) in [6.07, 6.45) is 5.88. The van der Waals surface area contributed by atoms with Crippen LogP contribution < -0.4 is 4.74 Å². The molecule has 1 aromatic heterocycles. The van der Waals surface area contributed by atoms with E-state index in [9.17, 15) is 9.90 Å². The van der Waals surface area contributed by atoms with Crippen LogP contribution in [0.1, 0.15) is 52.4 Å². The minimum absolute atomic E-state index is 0.246. The van der Waals surface area contributed by atoms with Gasteiger partial charge in [-0.2, -0.15) is 5.10 Å². The summed E-state index contributed by atoms with van der Waals surface area (Å²) < 4.78 is 7.69. The molecule has 6 heteroatoms. The number of ether oxygens (including phenoxy) is 1. The maximum Gasteiger partial charge on any atom is 0.339 e. The first-order valence-electron chi connectivity index (χ1n) is 8.84. The fraction of sp³-hybridized carbons (Fsp3) is 0.474. The molecular weight excluding hydrogens is 318 g/mol. The summed E-state index contributed by atoms with van der Waals surface area (Å²) in [7, 11) is 1.98. The highest BCUT2D eigenvalue weighted by atomic mass is 16.5. The number of aromatic carboxylic acids is 1. The molecule has 1 aliphatic carbocycles. The Balaban J connectivity index is 1.57. The highest BCUT2D eigenvalue weighted by Crippen LogP contribution is 2.37. The molecule has 2 heterocycles. The van der Waals surface area contributed by atoms with Crippen LogP contribution in [-0.4, -0.2) is 38.9 Å². The molecule has 1 saturated carbocycles. The molecule has 6 nitrogen and oxygen atoms in total. The van der Waals surface area contributed by atoms with Crippen molar-refractivity contribution in [2.45, 2.75) is 38.3 Å². The molecule has 25 heavy (non-hydrogen) atoms. The molecule has 0 saturated heterocycles. The first-order chi connectivity index (χ1) is 12.1. The molecule has 1 aliphatic heterocycles. The lowest BCUT2D eigenvalue weighted by atomic mass is 9.81. The highest BCUT2D eigenvalue weighted by Gasteiger charge is 2.27. The van der Waals surface area contributed by atoms with E-state index in [1.807, 2.05) is 17.8 Å². The van der Waals surface area contributed by atoms with E-state index in [4.69, 9.17) is 4.74 Å². The third kappa shape index (κ3) is 3.14. The van der Waals surface area contributed by atoms with Crippen molar-refractivity contribution < 1.29 is 14.6 Å². The maximum absolute atomic E-state index is 11.4. The van der Waals surface area contributed by atoms with Crippen molar-refractivity contribution >= 4 is 5.97 Å². The van der Waals surface area contributed by atoms with Crippen molar-refractivity contribution in [3.63, 3.8) is 0 Å². The number of nitrogens with zero attached hydrogens (tertiary/aromatic N) is 3. The summed E-state index contributed by atoms with van der Waals surface area (Å²) in [5.74, 6) is 0.179. The van der Waals surface area contributed by atoms with E-state index in [0.29, 0.717) is 24.8 Å². The van der Waals surface area contributed by atoms with Crippen molar-refractivity contribution in [2.24, 2.45) is 7.05 Å². The van der Waals surface area contributed by atoms with Gasteiger partial charge in [-0.1, -0.05) is 18.6 Å². The molecule has 1 N–H and O–H groups in total. The summed E-state index contributed by atoms with van der Waals surface area (Å²) in [6.45, 7) is 2.78. The van der Waals surface area contributed by atoms with Crippen molar-refractivity contribution in [3.8, 4) is 5.75 Å². The monoisotopic (exact) mass is 341 g/mol. The molecule has 2 aromatic rings. The Bertz CT molecular complexity index is 795. The molecule has 0 spiro atoms. The summed E-state index contributed by atoms with van der Waals surface area (Å²) >= 11 is 0. The first-order valence-corrected chi connectivity index (χ1v) is 8.84. The maximum atomic E-state index is 11.4. The van der Waals surface area contributed by atoms with Gasteiger partial charge in [-0.15, -0.1) is 0 Å². The van der Waals surface area contributed by atoms with Gasteiger partial charge in [0.25, 0.3) is 0 Å². The van der Waals surface area contributed by atoms with Gasteiger partial charge in [0.15, 0.2) is 0 Å². The van der Waals surface area contributed by atoms with Crippen LogP contribution in [0, 0.1) is 0 Å². The number of fused-ring (bicyclic) bond motifs is 1. The second-order valence-electron chi connectivity index (χ2n) is 7.00. The van der Waals surface area contributed by atoms with E-state index < -0.39 is 5.97 Å². The van der Waals surface area contributed by atoms with Gasteiger partial charge in [-0.25, -0.2) is 4.79 Å². The van der Waals surface area contributed by atoms with Gasteiger partial charge >= 0.3 is 5.97 Å². The zero-order valence-electron chi connectivity index (χ0n) is 14.4. The Labute approximate surface area is 147 Å². The van der Waals surface area contributed by atoms with Crippen LogP contribution in [-0.2, 0) is 20.1 Å². The van der Waals surface area contributed by atoms with Crippen molar-refractivity contribution in [1.82, 2.24) is 14.7 Å². The van der Waals surface area contributed by atoms with E-state index >= 15 is 0 Å². The molecule has 0 amide bonds. The summed E-state index contributed by atoms with van der Waals surface area (Å²) in [6, 6.07) is 5.35. The lowest BCUT2D eigenvalue weighted by molar-refractivity contribution is 0.0692. The number of carbonyl (C=O) groups is 1. The van der Waals surface area contributed by atoms with Gasteiger partial charge in [-0.05, 0) is 18.9 Å². The van der Waals surface area contributed by atoms with E-state index in [0.717, 1.165) is 18.7 Å². The third-order valence-electron chi connectivity index (χ3n) is 5.20. The molecule has 0 unspecified atom stereocenters. The van der Waals surface area contributed by atoms with Crippen LogP contribution >= 0.6 is 0 Å². The van der Waals surface area contributed by atoms with Crippen LogP contribution in [0.5, 0.6) is 5.75 Å². The van der Waals surface area contributed by atoms with Gasteiger partial charge in [0.2, 0.25) is 0 Å². The molecule has 0 atom stereocenters. The first kappa shape index (κ1) is 16.1. The molecule has 4 rings (SSSR count). The average molecular weight is 341 g/mol. The van der Waals surface area contributed by atoms with Gasteiger partial charge in [0, 0.05) is 49.9 Å². The van der Waals surface area contributed by atoms with Gasteiger partial charge in [-0.3, -0.25) is 9.58 Å². The number of carboxylic acids is 1. The predicted octanol–water partition coefficient (Wildman–Crippen LogP) is 2.78. The average Bonchev–Trinajstić information content (AvgIpc) is 2.75. The molecule has 1 aromatic carbocycles. The van der Waals surface area contributed by atoms with Gasteiger partial charge < -0.3 is 9.84 Å². The standard InChI is InChI=1S/C19H23N3O3/c1-21-10-15(17(20-21)13-4-2-5-13)12-22-8-9-25-18-14(11-22)6-3-7-16(18)19(23)24/h3,6-7,10,13H,2,4-5,8-9,11-12H2,1H3,(H,23,24). The number of para-hydroxylation sites is 1. The Morgan fingerprint density at radius 1 is 1.40 bits per heavy atom. The third-order valence-corrected chi connectivity index (χ3v) is 5.20. The number of benzene rings is 1. The number of aryl methyl sites for hydroxylation is 1. The van der Waals surface area contributed by atoms with E-state index in [-0.39, 0.29) is 5.56 Å². The van der Waals surface area contributed by atoms with Gasteiger partial charge in [0.05, 0.1) is 5.69 Å². The number of carboxylic acid groups (broad SMARTS) is 1. The van der Waals surface area contributed by atoms with Crippen LogP contribution in [0.2, 0.25) is 0 Å². The van der Waals surface area contributed by atoms with Crippen molar-refractivity contribution in [1.29, 1.82) is 0 Å². The fourth-order valence-electron chi connectivity index (χ4n) is 3.72. The highest BCUT2D eigenvalue weighted by molar-refractivity contribution is 5.91. The fourth-order valence-corrected chi connectivity index (χ4v) is 3.72. The topological polar surface area (TPSA) is 67.6 Å². The van der Waals surface area contributed by atoms with Crippen LogP contribution in [0.15, 0.2) is 24.4 Å². The summed E-state index contributed by atoms with van der Waals surface area (Å²) in [5, 5.41) is 14.0. The van der Waals surface area contributed by atoms with Crippen LogP contribution in [0.25, 0.3) is 0 Å². The van der Waals surface area contributed by atoms with E-state index in [1.165, 1.54) is 30.5 Å². The van der Waals surface area contributed by atoms with E-state index in [2.05, 4.69) is 16.2 Å². The van der Waals surface area contributed by atoms with Crippen molar-refractivity contribution in [2.75, 3.05) is 13.2 Å². The van der Waals surface area contributed by atoms with Crippen LogP contribution in [0.4, 0.5) is 0 Å². The second-order valence-corrected chi connectivity index (χ2v) is 7.00. The molecule has 1 fully saturated rings. The van der Waals surface area contributed by atoms with E-state index in [1.54, 1.807) is 12.1 Å². The Morgan fingerprint density at radius 3 is 2.96 bits per heavy atom. The quantitative estimate of drug-likeness (QED) is 0.926. The van der Waals surface area contributed by atoms with Crippen molar-refractivity contribution in [3.05, 3.63) is 46.8 Å². The minimum atomic E-state index is -0.940. The molecular formula is C19H23N3O3. The largest absolute Gasteiger partial charge is 0.491 e. The number of hydrogen-bond acceptors (Lipinski definition) is 4.